The smallest absolute Gasteiger partial charge is 0.292 e. The molecule has 1 saturated heterocycles. The van der Waals surface area contributed by atoms with Gasteiger partial charge in [0.15, 0.2) is 17.5 Å². The lowest BCUT2D eigenvalue weighted by atomic mass is 9.98. The molecule has 1 unspecified atom stereocenters. The second-order valence-electron chi connectivity index (χ2n) is 6.97. The lowest BCUT2D eigenvalue weighted by Gasteiger charge is -2.29. The highest BCUT2D eigenvalue weighted by molar-refractivity contribution is 6.22. The molecule has 2 aliphatic rings. The molecular weight excluding hydrogens is 344 g/mol. The van der Waals surface area contributed by atoms with Crippen LogP contribution >= 0.6 is 0 Å². The highest BCUT2D eigenvalue weighted by atomic mass is 16.5. The predicted octanol–water partition coefficient (Wildman–Crippen LogP) is 0.977. The van der Waals surface area contributed by atoms with E-state index in [0.29, 0.717) is 17.2 Å². The van der Waals surface area contributed by atoms with E-state index in [4.69, 9.17) is 9.47 Å². The van der Waals surface area contributed by atoms with E-state index in [1.807, 2.05) is 12.1 Å². The van der Waals surface area contributed by atoms with Crippen molar-refractivity contribution >= 4 is 17.5 Å². The number of hydrogen-bond acceptors (Lipinski definition) is 4. The number of carbonyl (C=O) groups excluding carboxylic acids is 2. The van der Waals surface area contributed by atoms with Crippen molar-refractivity contribution in [3.8, 4) is 11.5 Å². The maximum absolute atomic E-state index is 13.1. The van der Waals surface area contributed by atoms with Crippen molar-refractivity contribution in [3.05, 3.63) is 53.6 Å². The third-order valence-corrected chi connectivity index (χ3v) is 5.52. The van der Waals surface area contributed by atoms with E-state index in [1.54, 1.807) is 25.3 Å². The van der Waals surface area contributed by atoms with Gasteiger partial charge < -0.3 is 14.4 Å². The molecule has 1 fully saturated rings. The maximum atomic E-state index is 13.1. The number of ether oxygens (including phenoxy) is 2. The van der Waals surface area contributed by atoms with Crippen molar-refractivity contribution in [2.75, 3.05) is 25.7 Å². The third-order valence-electron chi connectivity index (χ3n) is 5.52. The maximum Gasteiger partial charge on any atom is 0.292 e. The first kappa shape index (κ1) is 17.5. The van der Waals surface area contributed by atoms with Crippen molar-refractivity contribution in [1.29, 1.82) is 0 Å². The SMILES string of the molecule is COc1ccc(N2C(=O)C[C@H]([NH+]3CCc4ccccc4C3)C2=O)cc1OC. The zero-order valence-electron chi connectivity index (χ0n) is 15.5. The summed E-state index contributed by atoms with van der Waals surface area (Å²) in [6.07, 6.45) is 1.17. The van der Waals surface area contributed by atoms with Crippen LogP contribution < -0.4 is 19.3 Å². The summed E-state index contributed by atoms with van der Waals surface area (Å²) in [6, 6.07) is 13.1. The van der Waals surface area contributed by atoms with Crippen LogP contribution in [0.15, 0.2) is 42.5 Å². The predicted molar refractivity (Wildman–Crippen MR) is 100 cm³/mol. The van der Waals surface area contributed by atoms with Gasteiger partial charge in [0.2, 0.25) is 5.91 Å². The Hall–Kier alpha value is -2.86. The minimum Gasteiger partial charge on any atom is -0.493 e. The van der Waals surface area contributed by atoms with Crippen LogP contribution in [0.5, 0.6) is 11.5 Å². The highest BCUT2D eigenvalue weighted by Crippen LogP contribution is 2.33. The Kier molecular flexibility index (Phi) is 4.58. The van der Waals surface area contributed by atoms with E-state index < -0.39 is 0 Å². The number of fused-ring (bicyclic) bond motifs is 1. The summed E-state index contributed by atoms with van der Waals surface area (Å²) >= 11 is 0. The highest BCUT2D eigenvalue weighted by Gasteiger charge is 2.46. The Bertz CT molecular complexity index is 896. The molecule has 4 rings (SSSR count). The number of hydrogen-bond donors (Lipinski definition) is 1. The van der Waals surface area contributed by atoms with E-state index in [-0.39, 0.29) is 24.3 Å². The van der Waals surface area contributed by atoms with Crippen LogP contribution in [-0.2, 0) is 22.6 Å². The van der Waals surface area contributed by atoms with Crippen LogP contribution in [0.3, 0.4) is 0 Å². The van der Waals surface area contributed by atoms with Gasteiger partial charge in [-0.05, 0) is 17.7 Å². The van der Waals surface area contributed by atoms with E-state index in [1.165, 1.54) is 23.1 Å². The summed E-state index contributed by atoms with van der Waals surface area (Å²) in [7, 11) is 3.09. The van der Waals surface area contributed by atoms with Gasteiger partial charge in [0, 0.05) is 18.1 Å². The first-order valence-corrected chi connectivity index (χ1v) is 9.12. The molecule has 0 radical (unpaired) electrons. The van der Waals surface area contributed by atoms with Gasteiger partial charge in [-0.25, -0.2) is 4.90 Å². The minimum atomic E-state index is -0.334. The number of rotatable bonds is 4. The van der Waals surface area contributed by atoms with Gasteiger partial charge in [-0.1, -0.05) is 24.3 Å². The largest absolute Gasteiger partial charge is 0.493 e. The molecular formula is C21H23N2O4+. The summed E-state index contributed by atoms with van der Waals surface area (Å²) in [6.45, 7) is 1.64. The van der Waals surface area contributed by atoms with E-state index >= 15 is 0 Å². The van der Waals surface area contributed by atoms with Crippen LogP contribution in [0.4, 0.5) is 5.69 Å². The minimum absolute atomic E-state index is 0.137. The summed E-state index contributed by atoms with van der Waals surface area (Å²) in [5.41, 5.74) is 3.14. The number of nitrogens with zero attached hydrogens (tertiary/aromatic N) is 1. The van der Waals surface area contributed by atoms with E-state index in [0.717, 1.165) is 24.4 Å². The number of amides is 2. The molecule has 0 saturated carbocycles. The van der Waals surface area contributed by atoms with Crippen LogP contribution in [0.1, 0.15) is 17.5 Å². The molecule has 6 heteroatoms. The Labute approximate surface area is 158 Å². The Morgan fingerprint density at radius 2 is 1.74 bits per heavy atom. The Morgan fingerprint density at radius 3 is 2.48 bits per heavy atom. The van der Waals surface area contributed by atoms with Gasteiger partial charge in [0.05, 0.1) is 32.9 Å². The topological polar surface area (TPSA) is 60.3 Å². The van der Waals surface area contributed by atoms with Crippen LogP contribution in [-0.4, -0.2) is 38.6 Å². The molecule has 2 amide bonds. The first-order chi connectivity index (χ1) is 13.1. The molecule has 2 aromatic carbocycles. The average Bonchev–Trinajstić information content (AvgIpc) is 3.01. The Balaban J connectivity index is 1.58. The standard InChI is InChI=1S/C21H22N2O4/c1-26-18-8-7-16(11-19(18)27-2)23-20(24)12-17(21(23)25)22-10-9-14-5-3-4-6-15(14)13-22/h3-8,11,17H,9-10,12-13H2,1-2H3/p+1/t17-/m0/s1. The quantitative estimate of drug-likeness (QED) is 0.819. The average molecular weight is 367 g/mol. The molecule has 140 valence electrons. The van der Waals surface area contributed by atoms with Gasteiger partial charge in [-0.15, -0.1) is 0 Å². The van der Waals surface area contributed by atoms with Crippen molar-refractivity contribution in [3.63, 3.8) is 0 Å². The molecule has 2 heterocycles. The fourth-order valence-electron chi connectivity index (χ4n) is 4.09. The van der Waals surface area contributed by atoms with Crippen LogP contribution in [0, 0.1) is 0 Å². The fraction of sp³-hybridized carbons (Fsp3) is 0.333. The molecule has 0 bridgehead atoms. The van der Waals surface area contributed by atoms with Crippen LogP contribution in [0.25, 0.3) is 0 Å². The van der Waals surface area contributed by atoms with Gasteiger partial charge in [-0.3, -0.25) is 9.59 Å². The van der Waals surface area contributed by atoms with Crippen molar-refractivity contribution in [2.45, 2.75) is 25.4 Å². The van der Waals surface area contributed by atoms with E-state index in [9.17, 15) is 9.59 Å². The zero-order chi connectivity index (χ0) is 19.0. The van der Waals surface area contributed by atoms with Gasteiger partial charge in [0.1, 0.15) is 6.54 Å². The zero-order valence-corrected chi connectivity index (χ0v) is 15.5. The van der Waals surface area contributed by atoms with Crippen molar-refractivity contribution in [1.82, 2.24) is 0 Å². The molecule has 6 nitrogen and oxygen atoms in total. The number of carbonyl (C=O) groups is 2. The lowest BCUT2D eigenvalue weighted by Crippen LogP contribution is -3.16. The second kappa shape index (κ2) is 7.04. The molecule has 1 N–H and O–H groups in total. The molecule has 27 heavy (non-hydrogen) atoms. The molecule has 0 spiro atoms. The van der Waals surface area contributed by atoms with Gasteiger partial charge in [-0.2, -0.15) is 0 Å². The normalized spacial score (nSPS) is 21.9. The second-order valence-corrected chi connectivity index (χ2v) is 6.97. The van der Waals surface area contributed by atoms with E-state index in [2.05, 4.69) is 12.1 Å². The molecule has 0 aliphatic carbocycles. The molecule has 0 aromatic heterocycles. The number of imide groups is 1. The number of benzene rings is 2. The summed E-state index contributed by atoms with van der Waals surface area (Å²) < 4.78 is 10.5. The Morgan fingerprint density at radius 1 is 1.00 bits per heavy atom. The lowest BCUT2D eigenvalue weighted by molar-refractivity contribution is -0.930. The van der Waals surface area contributed by atoms with Crippen molar-refractivity contribution in [2.24, 2.45) is 0 Å². The van der Waals surface area contributed by atoms with Gasteiger partial charge in [0.25, 0.3) is 5.91 Å². The fourth-order valence-corrected chi connectivity index (χ4v) is 4.09. The summed E-state index contributed by atoms with van der Waals surface area (Å²) in [5.74, 6) is 0.763. The van der Waals surface area contributed by atoms with Gasteiger partial charge >= 0.3 is 0 Å². The summed E-state index contributed by atoms with van der Waals surface area (Å²) in [5, 5.41) is 0. The first-order valence-electron chi connectivity index (χ1n) is 9.12. The number of quaternary nitrogens is 1. The monoisotopic (exact) mass is 367 g/mol. The third kappa shape index (κ3) is 3.06. The number of nitrogens with one attached hydrogen (secondary N) is 1. The summed E-state index contributed by atoms with van der Waals surface area (Å²) in [4.78, 5) is 28.2. The number of methoxy groups -OCH3 is 2. The van der Waals surface area contributed by atoms with Crippen LogP contribution in [0.2, 0.25) is 0 Å². The van der Waals surface area contributed by atoms with Crippen molar-refractivity contribution < 1.29 is 24.0 Å². The molecule has 2 aliphatic heterocycles. The number of anilines is 1. The molecule has 2 aromatic rings. The molecule has 2 atom stereocenters.